The molecular formula is C12H10ClN5OS. The average molecular weight is 308 g/mol. The number of carbonyl (C=O) groups excluding carboxylic acids is 1. The summed E-state index contributed by atoms with van der Waals surface area (Å²) in [5, 5.41) is 16.1. The number of hydrogen-bond donors (Lipinski definition) is 1. The molecule has 102 valence electrons. The number of rotatable bonds is 4. The van der Waals surface area contributed by atoms with E-state index in [1.54, 1.807) is 35.1 Å². The van der Waals surface area contributed by atoms with Crippen LogP contribution in [-0.4, -0.2) is 32.3 Å². The minimum absolute atomic E-state index is 0.182. The summed E-state index contributed by atoms with van der Waals surface area (Å²) in [6.45, 7) is 0.494. The van der Waals surface area contributed by atoms with Gasteiger partial charge in [-0.25, -0.2) is 0 Å². The first-order valence-electron chi connectivity index (χ1n) is 5.92. The molecule has 0 aliphatic carbocycles. The van der Waals surface area contributed by atoms with Crippen molar-refractivity contribution in [1.82, 2.24) is 25.1 Å². The molecule has 1 N–H and O–H groups in total. The molecule has 0 aliphatic rings. The first kappa shape index (κ1) is 13.0. The van der Waals surface area contributed by atoms with Gasteiger partial charge in [-0.15, -0.1) is 10.2 Å². The summed E-state index contributed by atoms with van der Waals surface area (Å²) in [7, 11) is 0. The van der Waals surface area contributed by atoms with Gasteiger partial charge in [0.05, 0.1) is 10.6 Å². The second kappa shape index (κ2) is 5.56. The molecule has 0 saturated carbocycles. The van der Waals surface area contributed by atoms with Crippen molar-refractivity contribution in [3.63, 3.8) is 0 Å². The fourth-order valence-corrected chi connectivity index (χ4v) is 2.76. The molecule has 20 heavy (non-hydrogen) atoms. The Labute approximate surface area is 123 Å². The summed E-state index contributed by atoms with van der Waals surface area (Å²) in [6, 6.07) is 6.96. The highest BCUT2D eigenvalue weighted by molar-refractivity contribution is 7.16. The van der Waals surface area contributed by atoms with E-state index >= 15 is 0 Å². The Hall–Kier alpha value is -1.99. The molecule has 3 rings (SSSR count). The number of carbonyl (C=O) groups is 1. The fourth-order valence-electron chi connectivity index (χ4n) is 1.73. The number of nitrogens with one attached hydrogen (secondary N) is 1. The molecule has 0 fully saturated rings. The van der Waals surface area contributed by atoms with Gasteiger partial charge in [-0.05, 0) is 12.1 Å². The third-order valence-corrected chi connectivity index (χ3v) is 3.97. The van der Waals surface area contributed by atoms with Gasteiger partial charge in [-0.2, -0.15) is 9.61 Å². The predicted octanol–water partition coefficient (Wildman–Crippen LogP) is 1.81. The summed E-state index contributed by atoms with van der Waals surface area (Å²) >= 11 is 7.42. The normalized spacial score (nSPS) is 10.8. The molecule has 8 heteroatoms. The highest BCUT2D eigenvalue weighted by atomic mass is 35.5. The molecule has 6 nitrogen and oxygen atoms in total. The van der Waals surface area contributed by atoms with E-state index in [1.165, 1.54) is 11.3 Å². The lowest BCUT2D eigenvalue weighted by atomic mass is 10.2. The van der Waals surface area contributed by atoms with Crippen molar-refractivity contribution in [2.45, 2.75) is 6.42 Å². The Morgan fingerprint density at radius 3 is 3.05 bits per heavy atom. The van der Waals surface area contributed by atoms with Crippen molar-refractivity contribution in [3.8, 4) is 0 Å². The second-order valence-electron chi connectivity index (χ2n) is 4.04. The molecule has 0 atom stereocenters. The van der Waals surface area contributed by atoms with Crippen LogP contribution >= 0.6 is 22.9 Å². The molecule has 0 radical (unpaired) electrons. The van der Waals surface area contributed by atoms with Gasteiger partial charge < -0.3 is 5.32 Å². The van der Waals surface area contributed by atoms with Crippen molar-refractivity contribution in [3.05, 3.63) is 46.2 Å². The molecule has 0 unspecified atom stereocenters. The van der Waals surface area contributed by atoms with E-state index in [4.69, 9.17) is 11.6 Å². The largest absolute Gasteiger partial charge is 0.352 e. The Morgan fingerprint density at radius 1 is 1.40 bits per heavy atom. The monoisotopic (exact) mass is 307 g/mol. The summed E-state index contributed by atoms with van der Waals surface area (Å²) in [6.07, 6.45) is 2.20. The van der Waals surface area contributed by atoms with Crippen LogP contribution in [0, 0.1) is 0 Å². The minimum Gasteiger partial charge on any atom is -0.352 e. The summed E-state index contributed by atoms with van der Waals surface area (Å²) < 4.78 is 1.62. The van der Waals surface area contributed by atoms with Gasteiger partial charge in [0, 0.05) is 13.0 Å². The van der Waals surface area contributed by atoms with E-state index < -0.39 is 0 Å². The first-order valence-corrected chi connectivity index (χ1v) is 7.12. The fraction of sp³-hybridized carbons (Fsp3) is 0.167. The van der Waals surface area contributed by atoms with Crippen molar-refractivity contribution >= 4 is 33.8 Å². The third-order valence-electron chi connectivity index (χ3n) is 2.67. The Bertz CT molecular complexity index is 724. The molecule has 0 aliphatic heterocycles. The zero-order valence-corrected chi connectivity index (χ0v) is 11.9. The summed E-state index contributed by atoms with van der Waals surface area (Å²) in [4.78, 5) is 12.7. The Balaban J connectivity index is 1.58. The lowest BCUT2D eigenvalue weighted by Gasteiger charge is -2.05. The third kappa shape index (κ3) is 2.63. The zero-order chi connectivity index (χ0) is 13.9. The van der Waals surface area contributed by atoms with Crippen LogP contribution in [0.3, 0.4) is 0 Å². The average Bonchev–Trinajstić information content (AvgIpc) is 3.00. The van der Waals surface area contributed by atoms with E-state index in [0.29, 0.717) is 23.6 Å². The summed E-state index contributed by atoms with van der Waals surface area (Å²) in [5.41, 5.74) is 0.479. The number of halogens is 1. The van der Waals surface area contributed by atoms with E-state index in [2.05, 4.69) is 20.6 Å². The van der Waals surface area contributed by atoms with E-state index in [0.717, 1.165) is 9.97 Å². The predicted molar refractivity (Wildman–Crippen MR) is 76.1 cm³/mol. The Morgan fingerprint density at radius 2 is 2.25 bits per heavy atom. The van der Waals surface area contributed by atoms with Crippen LogP contribution in [0.2, 0.25) is 5.02 Å². The van der Waals surface area contributed by atoms with Crippen molar-refractivity contribution in [2.75, 3.05) is 6.54 Å². The van der Waals surface area contributed by atoms with Gasteiger partial charge in [0.2, 0.25) is 4.96 Å². The van der Waals surface area contributed by atoms with Gasteiger partial charge in [-0.1, -0.05) is 35.1 Å². The minimum atomic E-state index is -0.182. The van der Waals surface area contributed by atoms with Crippen molar-refractivity contribution < 1.29 is 4.79 Å². The lowest BCUT2D eigenvalue weighted by Crippen LogP contribution is -2.25. The Kier molecular flexibility index (Phi) is 3.62. The standard InChI is InChI=1S/C12H10ClN5OS/c13-9-4-2-1-3-8(9)11(19)14-6-5-10-17-18-7-15-16-12(18)20-10/h1-4,7H,5-6H2,(H,14,19). The molecular weight excluding hydrogens is 298 g/mol. The molecule has 1 aromatic carbocycles. The maximum Gasteiger partial charge on any atom is 0.252 e. The van der Waals surface area contributed by atoms with Gasteiger partial charge in [-0.3, -0.25) is 4.79 Å². The molecule has 1 amide bonds. The van der Waals surface area contributed by atoms with Crippen LogP contribution in [0.15, 0.2) is 30.6 Å². The molecule has 2 aromatic heterocycles. The maximum absolute atomic E-state index is 11.9. The number of amides is 1. The van der Waals surface area contributed by atoms with Crippen LogP contribution < -0.4 is 5.32 Å². The van der Waals surface area contributed by atoms with E-state index in [-0.39, 0.29) is 5.91 Å². The topological polar surface area (TPSA) is 72.2 Å². The van der Waals surface area contributed by atoms with Gasteiger partial charge in [0.25, 0.3) is 5.91 Å². The summed E-state index contributed by atoms with van der Waals surface area (Å²) in [5.74, 6) is -0.182. The molecule has 0 spiro atoms. The molecule has 3 aromatic rings. The van der Waals surface area contributed by atoms with Crippen LogP contribution in [0.1, 0.15) is 15.4 Å². The number of nitrogens with zero attached hydrogens (tertiary/aromatic N) is 4. The molecule has 0 saturated heterocycles. The van der Waals surface area contributed by atoms with Crippen LogP contribution in [0.4, 0.5) is 0 Å². The van der Waals surface area contributed by atoms with Crippen LogP contribution in [-0.2, 0) is 6.42 Å². The van der Waals surface area contributed by atoms with Gasteiger partial charge in [0.1, 0.15) is 11.3 Å². The maximum atomic E-state index is 11.9. The van der Waals surface area contributed by atoms with Crippen LogP contribution in [0.25, 0.3) is 4.96 Å². The lowest BCUT2D eigenvalue weighted by molar-refractivity contribution is 0.0954. The highest BCUT2D eigenvalue weighted by Crippen LogP contribution is 2.15. The zero-order valence-electron chi connectivity index (χ0n) is 10.3. The molecule has 2 heterocycles. The van der Waals surface area contributed by atoms with E-state index in [9.17, 15) is 4.79 Å². The molecule has 0 bridgehead atoms. The van der Waals surface area contributed by atoms with Crippen molar-refractivity contribution in [2.24, 2.45) is 0 Å². The van der Waals surface area contributed by atoms with Gasteiger partial charge >= 0.3 is 0 Å². The van der Waals surface area contributed by atoms with E-state index in [1.807, 2.05) is 0 Å². The second-order valence-corrected chi connectivity index (χ2v) is 5.49. The smallest absolute Gasteiger partial charge is 0.252 e. The number of fused-ring (bicyclic) bond motifs is 1. The van der Waals surface area contributed by atoms with Crippen LogP contribution in [0.5, 0.6) is 0 Å². The SMILES string of the molecule is O=C(NCCc1nn2cnnc2s1)c1ccccc1Cl. The number of aromatic nitrogens is 4. The van der Waals surface area contributed by atoms with Gasteiger partial charge in [0.15, 0.2) is 0 Å². The van der Waals surface area contributed by atoms with Crippen molar-refractivity contribution in [1.29, 1.82) is 0 Å². The number of benzene rings is 1. The highest BCUT2D eigenvalue weighted by Gasteiger charge is 2.10. The quantitative estimate of drug-likeness (QED) is 0.798. The first-order chi connectivity index (χ1) is 9.74. The number of hydrogen-bond acceptors (Lipinski definition) is 5.